The van der Waals surface area contributed by atoms with Gasteiger partial charge >= 0.3 is 5.97 Å². The fourth-order valence-corrected chi connectivity index (χ4v) is 2.79. The van der Waals surface area contributed by atoms with Crippen molar-refractivity contribution in [2.75, 3.05) is 6.61 Å². The third-order valence-corrected chi connectivity index (χ3v) is 3.87. The van der Waals surface area contributed by atoms with Crippen LogP contribution in [0.1, 0.15) is 17.3 Å². The van der Waals surface area contributed by atoms with E-state index in [1.165, 1.54) is 29.2 Å². The van der Waals surface area contributed by atoms with Crippen molar-refractivity contribution in [1.82, 2.24) is 9.55 Å². The standard InChI is InChI=1S/C17H10F2N2O4/c1-2-24-17(23)9-7-21-11-6-20-4-3-12(11)25-16-13(19)10(18)5-8(14(16)21)15(9)22/h3-7H,2H2,1H3. The van der Waals surface area contributed by atoms with Gasteiger partial charge in [0.25, 0.3) is 0 Å². The van der Waals surface area contributed by atoms with Gasteiger partial charge in [0.05, 0.1) is 18.2 Å². The summed E-state index contributed by atoms with van der Waals surface area (Å²) in [5, 5.41) is -0.186. The number of fused-ring (bicyclic) bond motifs is 2. The van der Waals surface area contributed by atoms with Crippen molar-refractivity contribution in [3.8, 4) is 17.2 Å². The van der Waals surface area contributed by atoms with E-state index in [1.54, 1.807) is 6.92 Å². The monoisotopic (exact) mass is 344 g/mol. The zero-order valence-electron chi connectivity index (χ0n) is 12.9. The van der Waals surface area contributed by atoms with Crippen molar-refractivity contribution >= 4 is 16.9 Å². The lowest BCUT2D eigenvalue weighted by Crippen LogP contribution is -2.22. The Morgan fingerprint density at radius 2 is 2.20 bits per heavy atom. The van der Waals surface area contributed by atoms with Crippen molar-refractivity contribution < 1.29 is 23.0 Å². The van der Waals surface area contributed by atoms with Gasteiger partial charge in [-0.05, 0) is 13.0 Å². The average Bonchev–Trinajstić information content (AvgIpc) is 2.61. The summed E-state index contributed by atoms with van der Waals surface area (Å²) in [6.45, 7) is 1.67. The number of hydrogen-bond acceptors (Lipinski definition) is 5. The summed E-state index contributed by atoms with van der Waals surface area (Å²) < 4.78 is 39.9. The fourth-order valence-electron chi connectivity index (χ4n) is 2.79. The smallest absolute Gasteiger partial charge is 0.343 e. The number of nitrogens with zero attached hydrogens (tertiary/aromatic N) is 2. The maximum Gasteiger partial charge on any atom is 0.343 e. The zero-order valence-corrected chi connectivity index (χ0v) is 12.9. The van der Waals surface area contributed by atoms with Crippen molar-refractivity contribution in [2.24, 2.45) is 0 Å². The molecule has 0 saturated carbocycles. The van der Waals surface area contributed by atoms with Gasteiger partial charge in [-0.15, -0.1) is 0 Å². The molecule has 25 heavy (non-hydrogen) atoms. The number of esters is 1. The molecule has 0 fully saturated rings. The molecular formula is C17H10F2N2O4. The minimum atomic E-state index is -1.25. The number of hydrogen-bond donors (Lipinski definition) is 0. The van der Waals surface area contributed by atoms with E-state index < -0.39 is 28.8 Å². The van der Waals surface area contributed by atoms with Crippen LogP contribution >= 0.6 is 0 Å². The molecule has 126 valence electrons. The van der Waals surface area contributed by atoms with E-state index in [1.807, 2.05) is 0 Å². The second-order valence-electron chi connectivity index (χ2n) is 5.31. The average molecular weight is 344 g/mol. The highest BCUT2D eigenvalue weighted by Crippen LogP contribution is 2.41. The maximum absolute atomic E-state index is 14.2. The molecule has 0 atom stereocenters. The number of benzene rings is 1. The van der Waals surface area contributed by atoms with E-state index in [4.69, 9.17) is 9.47 Å². The number of rotatable bonds is 2. The molecule has 2 aromatic heterocycles. The van der Waals surface area contributed by atoms with Crippen LogP contribution in [0.2, 0.25) is 0 Å². The van der Waals surface area contributed by atoms with E-state index in [-0.39, 0.29) is 28.8 Å². The van der Waals surface area contributed by atoms with Crippen molar-refractivity contribution in [2.45, 2.75) is 6.92 Å². The Hall–Kier alpha value is -3.29. The number of ether oxygens (including phenoxy) is 2. The first-order valence-electron chi connectivity index (χ1n) is 7.39. The van der Waals surface area contributed by atoms with Crippen LogP contribution in [0, 0.1) is 11.6 Å². The Balaban J connectivity index is 2.17. The number of carbonyl (C=O) groups excluding carboxylic acids is 1. The molecule has 0 aliphatic carbocycles. The van der Waals surface area contributed by atoms with Crippen LogP contribution in [0.4, 0.5) is 8.78 Å². The lowest BCUT2D eigenvalue weighted by atomic mass is 10.1. The predicted octanol–water partition coefficient (Wildman–Crippen LogP) is 2.95. The summed E-state index contributed by atoms with van der Waals surface area (Å²) in [5.74, 6) is -3.51. The summed E-state index contributed by atoms with van der Waals surface area (Å²) in [6, 6.07) is 2.22. The molecule has 1 aliphatic heterocycles. The Labute approximate surface area is 139 Å². The molecule has 0 bridgehead atoms. The molecule has 4 rings (SSSR count). The van der Waals surface area contributed by atoms with Gasteiger partial charge in [-0.25, -0.2) is 9.18 Å². The van der Waals surface area contributed by atoms with Crippen molar-refractivity contribution in [3.63, 3.8) is 0 Å². The first-order chi connectivity index (χ1) is 12.0. The number of aromatic nitrogens is 2. The quantitative estimate of drug-likeness (QED) is 0.523. The Kier molecular flexibility index (Phi) is 3.28. The highest BCUT2D eigenvalue weighted by Gasteiger charge is 2.28. The molecule has 0 unspecified atom stereocenters. The number of carbonyl (C=O) groups is 1. The van der Waals surface area contributed by atoms with E-state index in [9.17, 15) is 18.4 Å². The second-order valence-corrected chi connectivity index (χ2v) is 5.31. The van der Waals surface area contributed by atoms with E-state index in [0.29, 0.717) is 5.69 Å². The lowest BCUT2D eigenvalue weighted by molar-refractivity contribution is 0.0524. The molecule has 0 radical (unpaired) electrons. The lowest BCUT2D eigenvalue weighted by Gasteiger charge is -2.23. The first kappa shape index (κ1) is 15.3. The Morgan fingerprint density at radius 1 is 1.40 bits per heavy atom. The summed E-state index contributed by atoms with van der Waals surface area (Å²) in [4.78, 5) is 28.7. The molecule has 0 amide bonds. The van der Waals surface area contributed by atoms with E-state index >= 15 is 0 Å². The molecule has 1 aromatic carbocycles. The summed E-state index contributed by atoms with van der Waals surface area (Å²) in [7, 11) is 0. The van der Waals surface area contributed by atoms with Gasteiger partial charge < -0.3 is 14.0 Å². The molecule has 0 spiro atoms. The molecule has 1 aliphatic rings. The summed E-state index contributed by atoms with van der Waals surface area (Å²) in [6.07, 6.45) is 4.08. The molecule has 3 heterocycles. The SMILES string of the molecule is CCOC(=O)c1cn2c3c(c(F)c(F)cc3c1=O)Oc1ccncc1-2. The topological polar surface area (TPSA) is 70.4 Å². The second kappa shape index (κ2) is 5.37. The van der Waals surface area contributed by atoms with Crippen LogP contribution in [0.25, 0.3) is 16.6 Å². The minimum Gasteiger partial charge on any atom is -0.462 e. The van der Waals surface area contributed by atoms with Gasteiger partial charge in [0, 0.05) is 18.5 Å². The van der Waals surface area contributed by atoms with Gasteiger partial charge in [-0.3, -0.25) is 9.78 Å². The minimum absolute atomic E-state index is 0.0254. The first-order valence-corrected chi connectivity index (χ1v) is 7.39. The number of pyridine rings is 2. The van der Waals surface area contributed by atoms with Gasteiger partial charge in [0.15, 0.2) is 17.3 Å². The Bertz CT molecular complexity index is 1110. The highest BCUT2D eigenvalue weighted by atomic mass is 19.2. The maximum atomic E-state index is 14.2. The third-order valence-electron chi connectivity index (χ3n) is 3.87. The van der Waals surface area contributed by atoms with Gasteiger partial charge in [0.2, 0.25) is 11.2 Å². The predicted molar refractivity (Wildman–Crippen MR) is 83.3 cm³/mol. The van der Waals surface area contributed by atoms with Crippen LogP contribution < -0.4 is 10.2 Å². The number of halogens is 2. The molecule has 3 aromatic rings. The van der Waals surface area contributed by atoms with Gasteiger partial charge in [-0.2, -0.15) is 4.39 Å². The largest absolute Gasteiger partial charge is 0.462 e. The molecule has 6 nitrogen and oxygen atoms in total. The molecular weight excluding hydrogens is 334 g/mol. The van der Waals surface area contributed by atoms with Gasteiger partial charge in [-0.1, -0.05) is 0 Å². The summed E-state index contributed by atoms with van der Waals surface area (Å²) in [5.41, 5.74) is -0.641. The highest BCUT2D eigenvalue weighted by molar-refractivity contribution is 5.97. The van der Waals surface area contributed by atoms with Crippen LogP contribution in [0.15, 0.2) is 35.5 Å². The van der Waals surface area contributed by atoms with Gasteiger partial charge in [0.1, 0.15) is 16.8 Å². The van der Waals surface area contributed by atoms with Crippen molar-refractivity contribution in [1.29, 1.82) is 0 Å². The zero-order chi connectivity index (χ0) is 17.7. The Morgan fingerprint density at radius 3 is 2.96 bits per heavy atom. The molecule has 8 heteroatoms. The normalized spacial score (nSPS) is 11.8. The van der Waals surface area contributed by atoms with E-state index in [0.717, 1.165) is 6.07 Å². The van der Waals surface area contributed by atoms with Crippen molar-refractivity contribution in [3.05, 3.63) is 58.1 Å². The van der Waals surface area contributed by atoms with Crippen LogP contribution in [-0.2, 0) is 4.74 Å². The third kappa shape index (κ3) is 2.10. The van der Waals surface area contributed by atoms with Crippen LogP contribution in [0.5, 0.6) is 11.5 Å². The van der Waals surface area contributed by atoms with Crippen LogP contribution in [0.3, 0.4) is 0 Å². The fraction of sp³-hybridized carbons (Fsp3) is 0.118. The van der Waals surface area contributed by atoms with E-state index in [2.05, 4.69) is 4.98 Å². The van der Waals surface area contributed by atoms with Crippen LogP contribution in [-0.4, -0.2) is 22.1 Å². The summed E-state index contributed by atoms with van der Waals surface area (Å²) >= 11 is 0. The molecule has 0 N–H and O–H groups in total. The molecule has 0 saturated heterocycles.